The van der Waals surface area contributed by atoms with E-state index in [1.54, 1.807) is 11.9 Å². The predicted octanol–water partition coefficient (Wildman–Crippen LogP) is 1.28. The Labute approximate surface area is 117 Å². The van der Waals surface area contributed by atoms with Gasteiger partial charge in [0.25, 0.3) is 5.91 Å². The van der Waals surface area contributed by atoms with Gasteiger partial charge in [-0.25, -0.2) is 4.57 Å². The Morgan fingerprint density at radius 1 is 1.40 bits per heavy atom. The number of aromatic nitrogens is 1. The second kappa shape index (κ2) is 5.62. The first kappa shape index (κ1) is 14.5. The van der Waals surface area contributed by atoms with Crippen molar-refractivity contribution in [2.45, 2.75) is 37.8 Å². The van der Waals surface area contributed by atoms with Crippen LogP contribution in [0.1, 0.15) is 36.2 Å². The molecular formula is C13H20N4O3. The number of rotatable bonds is 3. The van der Waals surface area contributed by atoms with E-state index in [1.807, 2.05) is 0 Å². The molecule has 1 heterocycles. The normalized spacial score (nSPS) is 22.6. The zero-order valence-electron chi connectivity index (χ0n) is 11.8. The van der Waals surface area contributed by atoms with Crippen molar-refractivity contribution in [3.63, 3.8) is 0 Å². The van der Waals surface area contributed by atoms with Gasteiger partial charge in [-0.05, 0) is 36.7 Å². The average molecular weight is 280 g/mol. The molecule has 2 rings (SSSR count). The molecule has 110 valence electrons. The molecule has 1 aliphatic carbocycles. The summed E-state index contributed by atoms with van der Waals surface area (Å²) in [5, 5.41) is 10.8. The fraction of sp³-hybridized carbons (Fsp3) is 0.615. The Kier molecular flexibility index (Phi) is 4.08. The molecule has 1 fully saturated rings. The van der Waals surface area contributed by atoms with Gasteiger partial charge in [0.15, 0.2) is 5.69 Å². The molecule has 0 saturated heterocycles. The zero-order chi connectivity index (χ0) is 14.9. The van der Waals surface area contributed by atoms with Crippen LogP contribution in [0, 0.1) is 10.1 Å². The highest BCUT2D eigenvalue weighted by molar-refractivity contribution is 5.93. The molecule has 0 bridgehead atoms. The molecule has 0 unspecified atom stereocenters. The number of nitro groups is 1. The first-order chi connectivity index (χ1) is 9.41. The van der Waals surface area contributed by atoms with Crippen LogP contribution in [0.25, 0.3) is 0 Å². The van der Waals surface area contributed by atoms with Crippen molar-refractivity contribution in [3.05, 3.63) is 27.9 Å². The van der Waals surface area contributed by atoms with Gasteiger partial charge >= 0.3 is 5.82 Å². The molecule has 0 aliphatic heterocycles. The highest BCUT2D eigenvalue weighted by atomic mass is 16.6. The second-order valence-corrected chi connectivity index (χ2v) is 5.38. The van der Waals surface area contributed by atoms with Crippen molar-refractivity contribution >= 4 is 11.7 Å². The Bertz CT molecular complexity index is 518. The maximum Gasteiger partial charge on any atom is 0.323 e. The van der Waals surface area contributed by atoms with Crippen LogP contribution < -0.4 is 5.73 Å². The van der Waals surface area contributed by atoms with Gasteiger partial charge in [-0.1, -0.05) is 0 Å². The Hall–Kier alpha value is -1.89. The highest BCUT2D eigenvalue weighted by Gasteiger charge is 2.29. The molecule has 20 heavy (non-hydrogen) atoms. The SMILES string of the molecule is CN(C(=O)c1ccc([N+](=O)[O-])n1C)C1CCC(N)CC1. The van der Waals surface area contributed by atoms with E-state index in [0.717, 1.165) is 25.7 Å². The molecule has 7 nitrogen and oxygen atoms in total. The largest absolute Gasteiger partial charge is 0.358 e. The van der Waals surface area contributed by atoms with Gasteiger partial charge in [0.1, 0.15) is 0 Å². The lowest BCUT2D eigenvalue weighted by molar-refractivity contribution is -0.391. The van der Waals surface area contributed by atoms with Crippen LogP contribution in [0.3, 0.4) is 0 Å². The van der Waals surface area contributed by atoms with Gasteiger partial charge in [-0.15, -0.1) is 0 Å². The molecule has 1 amide bonds. The van der Waals surface area contributed by atoms with E-state index in [4.69, 9.17) is 5.73 Å². The lowest BCUT2D eigenvalue weighted by atomic mass is 9.91. The van der Waals surface area contributed by atoms with Crippen LogP contribution in [-0.4, -0.2) is 39.4 Å². The molecule has 0 atom stereocenters. The number of hydrogen-bond donors (Lipinski definition) is 1. The number of carbonyl (C=O) groups excluding carboxylic acids is 1. The van der Waals surface area contributed by atoms with E-state index in [0.29, 0.717) is 5.69 Å². The molecule has 1 aromatic rings. The van der Waals surface area contributed by atoms with E-state index >= 15 is 0 Å². The van der Waals surface area contributed by atoms with Gasteiger partial charge in [-0.3, -0.25) is 4.79 Å². The lowest BCUT2D eigenvalue weighted by Gasteiger charge is -2.33. The van der Waals surface area contributed by atoms with Crippen molar-refractivity contribution < 1.29 is 9.72 Å². The summed E-state index contributed by atoms with van der Waals surface area (Å²) in [6.07, 6.45) is 3.59. The average Bonchev–Trinajstić information content (AvgIpc) is 2.80. The monoisotopic (exact) mass is 280 g/mol. The first-order valence-corrected chi connectivity index (χ1v) is 6.74. The maximum absolute atomic E-state index is 12.4. The van der Waals surface area contributed by atoms with E-state index < -0.39 is 4.92 Å². The smallest absolute Gasteiger partial charge is 0.323 e. The Morgan fingerprint density at radius 2 is 2.00 bits per heavy atom. The molecule has 0 aromatic carbocycles. The summed E-state index contributed by atoms with van der Waals surface area (Å²) in [6.45, 7) is 0. The summed E-state index contributed by atoms with van der Waals surface area (Å²) in [7, 11) is 3.29. The van der Waals surface area contributed by atoms with E-state index in [1.165, 1.54) is 23.7 Å². The molecule has 1 aromatic heterocycles. The van der Waals surface area contributed by atoms with Crippen LogP contribution in [-0.2, 0) is 7.05 Å². The van der Waals surface area contributed by atoms with Crippen molar-refractivity contribution in [2.75, 3.05) is 7.05 Å². The maximum atomic E-state index is 12.4. The molecule has 0 spiro atoms. The predicted molar refractivity (Wildman–Crippen MR) is 74.4 cm³/mol. The summed E-state index contributed by atoms with van der Waals surface area (Å²) >= 11 is 0. The summed E-state index contributed by atoms with van der Waals surface area (Å²) < 4.78 is 1.33. The van der Waals surface area contributed by atoms with Crippen LogP contribution in [0.2, 0.25) is 0 Å². The molecule has 0 radical (unpaired) electrons. The van der Waals surface area contributed by atoms with Gasteiger partial charge in [0, 0.05) is 25.2 Å². The third-order valence-corrected chi connectivity index (χ3v) is 4.11. The number of amides is 1. The van der Waals surface area contributed by atoms with Crippen LogP contribution in [0.15, 0.2) is 12.1 Å². The Morgan fingerprint density at radius 3 is 2.50 bits per heavy atom. The van der Waals surface area contributed by atoms with Gasteiger partial charge in [-0.2, -0.15) is 0 Å². The van der Waals surface area contributed by atoms with Crippen LogP contribution in [0.4, 0.5) is 5.82 Å². The molecule has 1 saturated carbocycles. The summed E-state index contributed by atoms with van der Waals surface area (Å²) in [5.74, 6) is -0.256. The summed E-state index contributed by atoms with van der Waals surface area (Å²) in [4.78, 5) is 24.4. The van der Waals surface area contributed by atoms with Gasteiger partial charge in [0.2, 0.25) is 0 Å². The van der Waals surface area contributed by atoms with Crippen LogP contribution in [0.5, 0.6) is 0 Å². The van der Waals surface area contributed by atoms with E-state index in [2.05, 4.69) is 0 Å². The Balaban J connectivity index is 2.13. The minimum Gasteiger partial charge on any atom is -0.358 e. The molecular weight excluding hydrogens is 260 g/mol. The second-order valence-electron chi connectivity index (χ2n) is 5.38. The third-order valence-electron chi connectivity index (χ3n) is 4.11. The number of nitrogens with two attached hydrogens (primary N) is 1. The minimum atomic E-state index is -0.490. The summed E-state index contributed by atoms with van der Waals surface area (Å²) in [5.41, 5.74) is 6.20. The quantitative estimate of drug-likeness (QED) is 0.666. The topological polar surface area (TPSA) is 94.4 Å². The fourth-order valence-electron chi connectivity index (χ4n) is 2.73. The molecule has 1 aliphatic rings. The van der Waals surface area contributed by atoms with Gasteiger partial charge in [0.05, 0.1) is 7.05 Å². The van der Waals surface area contributed by atoms with Crippen molar-refractivity contribution in [3.8, 4) is 0 Å². The van der Waals surface area contributed by atoms with Crippen molar-refractivity contribution in [2.24, 2.45) is 12.8 Å². The van der Waals surface area contributed by atoms with Crippen molar-refractivity contribution in [1.82, 2.24) is 9.47 Å². The molecule has 7 heteroatoms. The highest BCUT2D eigenvalue weighted by Crippen LogP contribution is 2.23. The number of hydrogen-bond acceptors (Lipinski definition) is 4. The number of nitrogens with zero attached hydrogens (tertiary/aromatic N) is 3. The van der Waals surface area contributed by atoms with Crippen LogP contribution >= 0.6 is 0 Å². The number of carbonyl (C=O) groups is 1. The van der Waals surface area contributed by atoms with E-state index in [-0.39, 0.29) is 23.8 Å². The minimum absolute atomic E-state index is 0.0765. The van der Waals surface area contributed by atoms with Crippen molar-refractivity contribution in [1.29, 1.82) is 0 Å². The zero-order valence-corrected chi connectivity index (χ0v) is 11.8. The van der Waals surface area contributed by atoms with Gasteiger partial charge < -0.3 is 20.7 Å². The fourth-order valence-corrected chi connectivity index (χ4v) is 2.73. The lowest BCUT2D eigenvalue weighted by Crippen LogP contribution is -2.42. The first-order valence-electron chi connectivity index (χ1n) is 6.74. The van der Waals surface area contributed by atoms with E-state index in [9.17, 15) is 14.9 Å². The summed E-state index contributed by atoms with van der Waals surface area (Å²) in [6, 6.07) is 3.26. The standard InChI is InChI=1S/C13H20N4O3/c1-15(10-5-3-9(14)4-6-10)13(18)11-7-8-12(16(11)2)17(19)20/h7-10H,3-6,14H2,1-2H3. The molecule has 2 N–H and O–H groups in total. The third kappa shape index (κ3) is 2.67.